The van der Waals surface area contributed by atoms with Crippen LogP contribution in [0.25, 0.3) is 0 Å². The molecular weight excluding hydrogens is 234 g/mol. The lowest BCUT2D eigenvalue weighted by atomic mass is 9.86. The maximum atomic E-state index is 11.9. The Hall–Kier alpha value is -1.31. The van der Waals surface area contributed by atoms with Crippen molar-refractivity contribution in [2.45, 2.75) is 53.9 Å². The predicted molar refractivity (Wildman–Crippen MR) is 82.4 cm³/mol. The summed E-state index contributed by atoms with van der Waals surface area (Å²) in [6.07, 6.45) is 1.14. The fourth-order valence-electron chi connectivity index (χ4n) is 2.22. The molecule has 1 atom stereocenters. The van der Waals surface area contributed by atoms with Crippen molar-refractivity contribution < 1.29 is 4.79 Å². The van der Waals surface area contributed by atoms with Crippen LogP contribution in [0.4, 0.5) is 5.69 Å². The van der Waals surface area contributed by atoms with Gasteiger partial charge >= 0.3 is 0 Å². The highest BCUT2D eigenvalue weighted by atomic mass is 16.2. The van der Waals surface area contributed by atoms with Crippen LogP contribution in [0.5, 0.6) is 0 Å². The van der Waals surface area contributed by atoms with Gasteiger partial charge in [0.15, 0.2) is 0 Å². The molecule has 0 radical (unpaired) electrons. The summed E-state index contributed by atoms with van der Waals surface area (Å²) in [6.45, 7) is 12.5. The zero-order chi connectivity index (χ0) is 14.6. The summed E-state index contributed by atoms with van der Waals surface area (Å²) in [4.78, 5) is 11.9. The van der Waals surface area contributed by atoms with Crippen LogP contribution in [-0.4, -0.2) is 5.91 Å². The van der Waals surface area contributed by atoms with Gasteiger partial charge in [-0.3, -0.25) is 4.79 Å². The molecule has 1 rings (SSSR count). The molecule has 0 fully saturated rings. The van der Waals surface area contributed by atoms with Crippen molar-refractivity contribution in [3.8, 4) is 0 Å². The first kappa shape index (κ1) is 15.7. The van der Waals surface area contributed by atoms with Crippen LogP contribution in [0, 0.1) is 11.3 Å². The van der Waals surface area contributed by atoms with Gasteiger partial charge in [-0.25, -0.2) is 0 Å². The first-order valence-electron chi connectivity index (χ1n) is 7.17. The first-order chi connectivity index (χ1) is 8.75. The third-order valence-corrected chi connectivity index (χ3v) is 3.52. The standard InChI is InChI=1S/C17H27NO/c1-7-15(12(2)3)13-8-10-14(11-9-13)18-16(19)17(4,5)6/h8-12,15H,7H2,1-6H3,(H,18,19). The monoisotopic (exact) mass is 261 g/mol. The minimum absolute atomic E-state index is 0.0520. The van der Waals surface area contributed by atoms with Crippen LogP contribution < -0.4 is 5.32 Å². The molecule has 1 N–H and O–H groups in total. The van der Waals surface area contributed by atoms with Crippen molar-refractivity contribution in [3.63, 3.8) is 0 Å². The van der Waals surface area contributed by atoms with E-state index in [2.05, 4.69) is 38.2 Å². The second-order valence-corrected chi connectivity index (χ2v) is 6.58. The molecule has 19 heavy (non-hydrogen) atoms. The Bertz CT molecular complexity index is 412. The summed E-state index contributed by atoms with van der Waals surface area (Å²) in [6, 6.07) is 8.27. The van der Waals surface area contributed by atoms with E-state index in [1.54, 1.807) is 0 Å². The zero-order valence-electron chi connectivity index (χ0n) is 13.1. The Morgan fingerprint density at radius 1 is 1.16 bits per heavy atom. The van der Waals surface area contributed by atoms with Crippen LogP contribution in [0.1, 0.15) is 59.4 Å². The number of nitrogens with one attached hydrogen (secondary N) is 1. The lowest BCUT2D eigenvalue weighted by molar-refractivity contribution is -0.123. The van der Waals surface area contributed by atoms with Gasteiger partial charge in [0, 0.05) is 11.1 Å². The highest BCUT2D eigenvalue weighted by Crippen LogP contribution is 2.28. The van der Waals surface area contributed by atoms with Crippen LogP contribution >= 0.6 is 0 Å². The average Bonchev–Trinajstić information content (AvgIpc) is 2.30. The Morgan fingerprint density at radius 2 is 1.68 bits per heavy atom. The van der Waals surface area contributed by atoms with E-state index in [1.165, 1.54) is 5.56 Å². The summed E-state index contributed by atoms with van der Waals surface area (Å²) >= 11 is 0. The number of rotatable bonds is 4. The fourth-order valence-corrected chi connectivity index (χ4v) is 2.22. The maximum absolute atomic E-state index is 11.9. The number of carbonyl (C=O) groups is 1. The molecule has 0 bridgehead atoms. The van der Waals surface area contributed by atoms with Gasteiger partial charge in [0.2, 0.25) is 5.91 Å². The molecule has 1 aromatic rings. The second-order valence-electron chi connectivity index (χ2n) is 6.58. The van der Waals surface area contributed by atoms with Crippen molar-refractivity contribution in [3.05, 3.63) is 29.8 Å². The first-order valence-corrected chi connectivity index (χ1v) is 7.17. The van der Waals surface area contributed by atoms with E-state index in [4.69, 9.17) is 0 Å². The molecule has 0 aliphatic rings. The molecular formula is C17H27NO. The third-order valence-electron chi connectivity index (χ3n) is 3.52. The molecule has 0 aromatic heterocycles. The van der Waals surface area contributed by atoms with E-state index >= 15 is 0 Å². The average molecular weight is 261 g/mol. The smallest absolute Gasteiger partial charge is 0.229 e. The van der Waals surface area contributed by atoms with Gasteiger partial charge in [-0.15, -0.1) is 0 Å². The molecule has 0 heterocycles. The number of carbonyl (C=O) groups excluding carboxylic acids is 1. The fraction of sp³-hybridized carbons (Fsp3) is 0.588. The highest BCUT2D eigenvalue weighted by molar-refractivity contribution is 5.94. The van der Waals surface area contributed by atoms with Gasteiger partial charge < -0.3 is 5.32 Å². The number of hydrogen-bond acceptors (Lipinski definition) is 1. The van der Waals surface area contributed by atoms with Crippen molar-refractivity contribution in [1.82, 2.24) is 0 Å². The Morgan fingerprint density at radius 3 is 2.05 bits per heavy atom. The normalized spacial score (nSPS) is 13.4. The summed E-state index contributed by atoms with van der Waals surface area (Å²) in [5, 5.41) is 2.96. The topological polar surface area (TPSA) is 29.1 Å². The van der Waals surface area contributed by atoms with Gasteiger partial charge in [0.25, 0.3) is 0 Å². The van der Waals surface area contributed by atoms with Crippen molar-refractivity contribution in [2.24, 2.45) is 11.3 Å². The molecule has 2 nitrogen and oxygen atoms in total. The molecule has 1 aromatic carbocycles. The predicted octanol–water partition coefficient (Wildman–Crippen LogP) is 4.82. The summed E-state index contributed by atoms with van der Waals surface area (Å²) in [7, 11) is 0. The van der Waals surface area contributed by atoms with Crippen LogP contribution in [0.3, 0.4) is 0 Å². The number of benzene rings is 1. The summed E-state index contributed by atoms with van der Waals surface area (Å²) in [5.74, 6) is 1.28. The van der Waals surface area contributed by atoms with Crippen LogP contribution in [0.15, 0.2) is 24.3 Å². The molecule has 1 unspecified atom stereocenters. The SMILES string of the molecule is CCC(c1ccc(NC(=O)C(C)(C)C)cc1)C(C)C. The number of hydrogen-bond donors (Lipinski definition) is 1. The number of amides is 1. The quantitative estimate of drug-likeness (QED) is 0.827. The van der Waals surface area contributed by atoms with Gasteiger partial charge in [-0.05, 0) is 36.0 Å². The maximum Gasteiger partial charge on any atom is 0.229 e. The Balaban J connectivity index is 2.80. The zero-order valence-corrected chi connectivity index (χ0v) is 13.1. The van der Waals surface area contributed by atoms with E-state index < -0.39 is 0 Å². The lowest BCUT2D eigenvalue weighted by Crippen LogP contribution is -2.27. The molecule has 106 valence electrons. The summed E-state index contributed by atoms with van der Waals surface area (Å²) < 4.78 is 0. The van der Waals surface area contributed by atoms with Crippen LogP contribution in [-0.2, 0) is 4.79 Å². The molecule has 0 aliphatic heterocycles. The van der Waals surface area contributed by atoms with E-state index in [0.717, 1.165) is 12.1 Å². The molecule has 0 spiro atoms. The third kappa shape index (κ3) is 4.38. The molecule has 1 amide bonds. The Kier molecular flexibility index (Phi) is 5.16. The van der Waals surface area contributed by atoms with Crippen molar-refractivity contribution >= 4 is 11.6 Å². The minimum atomic E-state index is -0.359. The molecule has 0 saturated carbocycles. The second kappa shape index (κ2) is 6.23. The van der Waals surface area contributed by atoms with Gasteiger partial charge in [-0.1, -0.05) is 53.7 Å². The highest BCUT2D eigenvalue weighted by Gasteiger charge is 2.21. The van der Waals surface area contributed by atoms with Crippen LogP contribution in [0.2, 0.25) is 0 Å². The van der Waals surface area contributed by atoms with Gasteiger partial charge in [0.1, 0.15) is 0 Å². The van der Waals surface area contributed by atoms with E-state index in [1.807, 2.05) is 32.9 Å². The number of anilines is 1. The van der Waals surface area contributed by atoms with Crippen molar-refractivity contribution in [1.29, 1.82) is 0 Å². The molecule has 0 saturated heterocycles. The van der Waals surface area contributed by atoms with Gasteiger partial charge in [-0.2, -0.15) is 0 Å². The van der Waals surface area contributed by atoms with Crippen molar-refractivity contribution in [2.75, 3.05) is 5.32 Å². The lowest BCUT2D eigenvalue weighted by Gasteiger charge is -2.21. The summed E-state index contributed by atoms with van der Waals surface area (Å²) in [5.41, 5.74) is 1.87. The Labute approximate surface area is 117 Å². The minimum Gasteiger partial charge on any atom is -0.326 e. The molecule has 0 aliphatic carbocycles. The van der Waals surface area contributed by atoms with E-state index in [0.29, 0.717) is 11.8 Å². The van der Waals surface area contributed by atoms with E-state index in [9.17, 15) is 4.79 Å². The largest absolute Gasteiger partial charge is 0.326 e. The van der Waals surface area contributed by atoms with Gasteiger partial charge in [0.05, 0.1) is 0 Å². The van der Waals surface area contributed by atoms with E-state index in [-0.39, 0.29) is 11.3 Å². The molecule has 2 heteroatoms.